The minimum Gasteiger partial charge on any atom is -0.355 e. The zero-order chi connectivity index (χ0) is 20.2. The van der Waals surface area contributed by atoms with E-state index in [-0.39, 0.29) is 17.6 Å². The standard InChI is InChI=1S/C20H20N6O2S/c1-21-19(28)13-4-6-15(7-5-13)23-17(27)12-29-20-25-24-18(26(20)16-8-9-16)14-3-2-10-22-11-14/h2-7,10-11,16H,8-9,12H2,1H3,(H,21,28)(H,23,27). The van der Waals surface area contributed by atoms with Gasteiger partial charge in [-0.2, -0.15) is 0 Å². The predicted octanol–water partition coefficient (Wildman–Crippen LogP) is 2.77. The Bertz CT molecular complexity index is 1020. The summed E-state index contributed by atoms with van der Waals surface area (Å²) in [7, 11) is 1.58. The normalized spacial score (nSPS) is 13.1. The summed E-state index contributed by atoms with van der Waals surface area (Å²) in [4.78, 5) is 28.1. The highest BCUT2D eigenvalue weighted by molar-refractivity contribution is 7.99. The fourth-order valence-electron chi connectivity index (χ4n) is 2.91. The Morgan fingerprint density at radius 2 is 1.97 bits per heavy atom. The Balaban J connectivity index is 1.41. The third kappa shape index (κ3) is 4.45. The Morgan fingerprint density at radius 1 is 1.17 bits per heavy atom. The molecule has 1 fully saturated rings. The van der Waals surface area contributed by atoms with Gasteiger partial charge >= 0.3 is 0 Å². The summed E-state index contributed by atoms with van der Waals surface area (Å²) in [6.07, 6.45) is 5.67. The average molecular weight is 408 g/mol. The molecule has 0 bridgehead atoms. The second-order valence-electron chi connectivity index (χ2n) is 6.64. The van der Waals surface area contributed by atoms with Crippen LogP contribution in [0.4, 0.5) is 5.69 Å². The lowest BCUT2D eigenvalue weighted by Gasteiger charge is -2.09. The van der Waals surface area contributed by atoms with Crippen LogP contribution in [0, 0.1) is 0 Å². The highest BCUT2D eigenvalue weighted by Crippen LogP contribution is 2.40. The van der Waals surface area contributed by atoms with Gasteiger partial charge in [-0.3, -0.25) is 19.1 Å². The number of pyridine rings is 1. The molecule has 0 unspecified atom stereocenters. The fraction of sp³-hybridized carbons (Fsp3) is 0.250. The van der Waals surface area contributed by atoms with Crippen molar-refractivity contribution in [1.29, 1.82) is 0 Å². The summed E-state index contributed by atoms with van der Waals surface area (Å²) in [6.45, 7) is 0. The lowest BCUT2D eigenvalue weighted by atomic mass is 10.2. The van der Waals surface area contributed by atoms with Crippen LogP contribution < -0.4 is 10.6 Å². The summed E-state index contributed by atoms with van der Waals surface area (Å²) < 4.78 is 2.10. The quantitative estimate of drug-likeness (QED) is 0.583. The van der Waals surface area contributed by atoms with Crippen molar-refractivity contribution in [3.05, 3.63) is 54.4 Å². The van der Waals surface area contributed by atoms with E-state index in [2.05, 4.69) is 30.4 Å². The number of aromatic nitrogens is 4. The minimum absolute atomic E-state index is 0.143. The van der Waals surface area contributed by atoms with Gasteiger partial charge in [0.05, 0.1) is 5.75 Å². The molecule has 2 amide bonds. The molecular weight excluding hydrogens is 388 g/mol. The Labute approximate surface area is 172 Å². The van der Waals surface area contributed by atoms with Gasteiger partial charge in [0, 0.05) is 42.3 Å². The molecule has 1 aromatic carbocycles. The van der Waals surface area contributed by atoms with Crippen molar-refractivity contribution in [2.45, 2.75) is 24.0 Å². The summed E-state index contributed by atoms with van der Waals surface area (Å²) in [5.74, 6) is 0.696. The lowest BCUT2D eigenvalue weighted by molar-refractivity contribution is -0.113. The molecule has 0 atom stereocenters. The maximum absolute atomic E-state index is 12.4. The van der Waals surface area contributed by atoms with Gasteiger partial charge in [-0.25, -0.2) is 0 Å². The SMILES string of the molecule is CNC(=O)c1ccc(NC(=O)CSc2nnc(-c3cccnc3)n2C2CC2)cc1. The van der Waals surface area contributed by atoms with Crippen LogP contribution in [0.2, 0.25) is 0 Å². The molecule has 2 aromatic heterocycles. The van der Waals surface area contributed by atoms with Gasteiger partial charge in [0.15, 0.2) is 11.0 Å². The van der Waals surface area contributed by atoms with Gasteiger partial charge in [-0.05, 0) is 49.2 Å². The van der Waals surface area contributed by atoms with Crippen LogP contribution >= 0.6 is 11.8 Å². The number of anilines is 1. The molecular formula is C20H20N6O2S. The Kier molecular flexibility index (Phi) is 5.57. The van der Waals surface area contributed by atoms with Crippen LogP contribution in [0.25, 0.3) is 11.4 Å². The summed E-state index contributed by atoms with van der Waals surface area (Å²) >= 11 is 1.36. The first-order chi connectivity index (χ1) is 14.2. The van der Waals surface area contributed by atoms with E-state index in [0.29, 0.717) is 17.3 Å². The van der Waals surface area contributed by atoms with E-state index in [0.717, 1.165) is 29.4 Å². The van der Waals surface area contributed by atoms with Gasteiger partial charge in [-0.1, -0.05) is 11.8 Å². The average Bonchev–Trinajstić information content (AvgIpc) is 3.51. The van der Waals surface area contributed by atoms with E-state index in [4.69, 9.17) is 0 Å². The molecule has 29 heavy (non-hydrogen) atoms. The molecule has 0 radical (unpaired) electrons. The first-order valence-electron chi connectivity index (χ1n) is 9.26. The Morgan fingerprint density at radius 3 is 2.62 bits per heavy atom. The van der Waals surface area contributed by atoms with Crippen molar-refractivity contribution in [2.24, 2.45) is 0 Å². The summed E-state index contributed by atoms with van der Waals surface area (Å²) in [6, 6.07) is 11.0. The second kappa shape index (κ2) is 8.44. The van der Waals surface area contributed by atoms with Crippen LogP contribution in [0.15, 0.2) is 53.9 Å². The third-order valence-electron chi connectivity index (χ3n) is 4.49. The molecule has 3 aromatic rings. The van der Waals surface area contributed by atoms with Gasteiger partial charge < -0.3 is 10.6 Å². The molecule has 0 spiro atoms. The predicted molar refractivity (Wildman–Crippen MR) is 111 cm³/mol. The number of nitrogens with zero attached hydrogens (tertiary/aromatic N) is 4. The molecule has 8 nitrogen and oxygen atoms in total. The molecule has 2 heterocycles. The largest absolute Gasteiger partial charge is 0.355 e. The third-order valence-corrected chi connectivity index (χ3v) is 5.43. The second-order valence-corrected chi connectivity index (χ2v) is 7.58. The van der Waals surface area contributed by atoms with E-state index in [9.17, 15) is 9.59 Å². The van der Waals surface area contributed by atoms with Crippen molar-refractivity contribution in [1.82, 2.24) is 25.1 Å². The number of thioether (sulfide) groups is 1. The van der Waals surface area contributed by atoms with E-state index in [1.807, 2.05) is 12.1 Å². The van der Waals surface area contributed by atoms with Crippen molar-refractivity contribution in [2.75, 3.05) is 18.1 Å². The van der Waals surface area contributed by atoms with Crippen LogP contribution in [-0.4, -0.2) is 44.4 Å². The first-order valence-corrected chi connectivity index (χ1v) is 10.2. The molecule has 0 aliphatic heterocycles. The highest BCUT2D eigenvalue weighted by Gasteiger charge is 2.30. The van der Waals surface area contributed by atoms with Crippen molar-refractivity contribution in [3.8, 4) is 11.4 Å². The number of amides is 2. The molecule has 4 rings (SSSR count). The van der Waals surface area contributed by atoms with Crippen LogP contribution in [0.1, 0.15) is 29.2 Å². The van der Waals surface area contributed by atoms with Gasteiger partial charge in [-0.15, -0.1) is 10.2 Å². The van der Waals surface area contributed by atoms with Gasteiger partial charge in [0.2, 0.25) is 5.91 Å². The number of carbonyl (C=O) groups excluding carboxylic acids is 2. The van der Waals surface area contributed by atoms with Crippen LogP contribution in [0.3, 0.4) is 0 Å². The van der Waals surface area contributed by atoms with E-state index in [1.165, 1.54) is 11.8 Å². The van der Waals surface area contributed by atoms with Gasteiger partial charge in [0.25, 0.3) is 5.91 Å². The lowest BCUT2D eigenvalue weighted by Crippen LogP contribution is -2.18. The van der Waals surface area contributed by atoms with Crippen LogP contribution in [-0.2, 0) is 4.79 Å². The topological polar surface area (TPSA) is 102 Å². The molecule has 1 aliphatic rings. The number of hydrogen-bond donors (Lipinski definition) is 2. The number of rotatable bonds is 7. The molecule has 2 N–H and O–H groups in total. The van der Waals surface area contributed by atoms with Crippen molar-refractivity contribution in [3.63, 3.8) is 0 Å². The van der Waals surface area contributed by atoms with Gasteiger partial charge in [0.1, 0.15) is 0 Å². The zero-order valence-corrected chi connectivity index (χ0v) is 16.6. The molecule has 148 valence electrons. The Hall–Kier alpha value is -3.20. The molecule has 1 aliphatic carbocycles. The summed E-state index contributed by atoms with van der Waals surface area (Å²) in [5, 5.41) is 14.8. The highest BCUT2D eigenvalue weighted by atomic mass is 32.2. The smallest absolute Gasteiger partial charge is 0.251 e. The number of hydrogen-bond acceptors (Lipinski definition) is 6. The maximum Gasteiger partial charge on any atom is 0.251 e. The monoisotopic (exact) mass is 408 g/mol. The number of benzene rings is 1. The van der Waals surface area contributed by atoms with E-state index < -0.39 is 0 Å². The number of nitrogens with one attached hydrogen (secondary N) is 2. The van der Waals surface area contributed by atoms with Crippen LogP contribution in [0.5, 0.6) is 0 Å². The van der Waals surface area contributed by atoms with Crippen molar-refractivity contribution < 1.29 is 9.59 Å². The zero-order valence-electron chi connectivity index (χ0n) is 15.8. The summed E-state index contributed by atoms with van der Waals surface area (Å²) in [5.41, 5.74) is 2.10. The maximum atomic E-state index is 12.4. The fourth-order valence-corrected chi connectivity index (χ4v) is 3.71. The molecule has 9 heteroatoms. The number of carbonyl (C=O) groups is 2. The first kappa shape index (κ1) is 19.1. The van der Waals surface area contributed by atoms with Crippen molar-refractivity contribution >= 4 is 29.3 Å². The van der Waals surface area contributed by atoms with E-state index in [1.54, 1.807) is 43.7 Å². The van der Waals surface area contributed by atoms with E-state index >= 15 is 0 Å². The molecule has 1 saturated carbocycles. The minimum atomic E-state index is -0.165. The molecule has 0 saturated heterocycles.